The van der Waals surface area contributed by atoms with Crippen LogP contribution in [0.5, 0.6) is 0 Å². The van der Waals surface area contributed by atoms with Gasteiger partial charge in [0.1, 0.15) is 5.76 Å². The van der Waals surface area contributed by atoms with Gasteiger partial charge in [0.25, 0.3) is 0 Å². The Morgan fingerprint density at radius 1 is 1.22 bits per heavy atom. The van der Waals surface area contributed by atoms with E-state index >= 15 is 0 Å². The first-order valence-electron chi connectivity index (χ1n) is 5.83. The first-order chi connectivity index (χ1) is 8.65. The number of rotatable bonds is 3. The van der Waals surface area contributed by atoms with Crippen molar-refractivity contribution in [2.75, 3.05) is 5.32 Å². The number of nitrogens with one attached hydrogen (secondary N) is 2. The van der Waals surface area contributed by atoms with E-state index in [1.807, 2.05) is 44.2 Å². The Hall–Kier alpha value is -2.23. The zero-order valence-corrected chi connectivity index (χ0v) is 10.4. The lowest BCUT2D eigenvalue weighted by Crippen LogP contribution is -2.30. The number of hydrogen-bond donors (Lipinski definition) is 2. The van der Waals surface area contributed by atoms with E-state index in [4.69, 9.17) is 4.42 Å². The van der Waals surface area contributed by atoms with Crippen LogP contribution in [0.2, 0.25) is 0 Å². The third kappa shape index (κ3) is 3.13. The molecule has 0 aliphatic rings. The van der Waals surface area contributed by atoms with Crippen molar-refractivity contribution in [3.8, 4) is 0 Å². The van der Waals surface area contributed by atoms with Gasteiger partial charge in [-0.2, -0.15) is 0 Å². The summed E-state index contributed by atoms with van der Waals surface area (Å²) in [5.41, 5.74) is 1.93. The summed E-state index contributed by atoms with van der Waals surface area (Å²) < 4.78 is 5.22. The molecule has 18 heavy (non-hydrogen) atoms. The topological polar surface area (TPSA) is 54.3 Å². The highest BCUT2D eigenvalue weighted by molar-refractivity contribution is 5.89. The van der Waals surface area contributed by atoms with Gasteiger partial charge < -0.3 is 15.1 Å². The van der Waals surface area contributed by atoms with Crippen LogP contribution in [0.1, 0.15) is 24.3 Å². The first kappa shape index (κ1) is 12.2. The van der Waals surface area contributed by atoms with Gasteiger partial charge in [0.2, 0.25) is 0 Å². The molecule has 1 aromatic carbocycles. The maximum absolute atomic E-state index is 11.7. The molecule has 0 spiro atoms. The van der Waals surface area contributed by atoms with Crippen molar-refractivity contribution >= 4 is 11.7 Å². The molecule has 4 nitrogen and oxygen atoms in total. The molecule has 4 heteroatoms. The smallest absolute Gasteiger partial charge is 0.319 e. The van der Waals surface area contributed by atoms with E-state index in [9.17, 15) is 4.79 Å². The van der Waals surface area contributed by atoms with Crippen LogP contribution in [0.25, 0.3) is 0 Å². The summed E-state index contributed by atoms with van der Waals surface area (Å²) in [6.45, 7) is 3.87. The summed E-state index contributed by atoms with van der Waals surface area (Å²) in [6.07, 6.45) is 1.59. The third-order valence-electron chi connectivity index (χ3n) is 2.63. The molecule has 1 heterocycles. The van der Waals surface area contributed by atoms with E-state index in [2.05, 4.69) is 10.6 Å². The molecular weight excluding hydrogens is 228 g/mol. The summed E-state index contributed by atoms with van der Waals surface area (Å²) in [5, 5.41) is 5.57. The summed E-state index contributed by atoms with van der Waals surface area (Å²) in [7, 11) is 0. The number of furan rings is 1. The molecular formula is C14H16N2O2. The summed E-state index contributed by atoms with van der Waals surface area (Å²) in [4.78, 5) is 11.7. The van der Waals surface area contributed by atoms with Gasteiger partial charge in [-0.1, -0.05) is 17.7 Å². The van der Waals surface area contributed by atoms with E-state index in [1.165, 1.54) is 0 Å². The molecule has 1 aromatic heterocycles. The molecule has 0 aliphatic carbocycles. The molecule has 94 valence electrons. The lowest BCUT2D eigenvalue weighted by Gasteiger charge is -2.12. The van der Waals surface area contributed by atoms with Gasteiger partial charge in [-0.25, -0.2) is 4.79 Å². The average molecular weight is 244 g/mol. The second kappa shape index (κ2) is 5.40. The minimum atomic E-state index is -0.247. The number of carbonyl (C=O) groups is 1. The predicted octanol–water partition coefficient (Wildman–Crippen LogP) is 3.47. The Morgan fingerprint density at radius 2 is 1.94 bits per heavy atom. The first-order valence-corrected chi connectivity index (χ1v) is 5.83. The molecule has 2 aromatic rings. The Kier molecular flexibility index (Phi) is 3.67. The third-order valence-corrected chi connectivity index (χ3v) is 2.63. The average Bonchev–Trinajstić information content (AvgIpc) is 2.85. The van der Waals surface area contributed by atoms with Crippen LogP contribution < -0.4 is 10.6 Å². The maximum atomic E-state index is 11.7. The van der Waals surface area contributed by atoms with Crippen LogP contribution in [-0.2, 0) is 0 Å². The summed E-state index contributed by atoms with van der Waals surface area (Å²) in [5.74, 6) is 0.731. The summed E-state index contributed by atoms with van der Waals surface area (Å²) in [6, 6.07) is 10.9. The molecule has 0 fully saturated rings. The number of hydrogen-bond acceptors (Lipinski definition) is 2. The van der Waals surface area contributed by atoms with Crippen molar-refractivity contribution in [1.29, 1.82) is 0 Å². The summed E-state index contributed by atoms with van der Waals surface area (Å²) >= 11 is 0. The van der Waals surface area contributed by atoms with Gasteiger partial charge in [0.15, 0.2) is 0 Å². The molecule has 2 N–H and O–H groups in total. The number of urea groups is 1. The Balaban J connectivity index is 1.91. The quantitative estimate of drug-likeness (QED) is 0.868. The van der Waals surface area contributed by atoms with Crippen LogP contribution in [-0.4, -0.2) is 6.03 Å². The minimum absolute atomic E-state index is 0.162. The molecule has 0 bridgehead atoms. The van der Waals surface area contributed by atoms with Gasteiger partial charge in [0.05, 0.1) is 12.3 Å². The zero-order chi connectivity index (χ0) is 13.0. The second-order valence-electron chi connectivity index (χ2n) is 4.20. The fourth-order valence-corrected chi connectivity index (χ4v) is 1.61. The van der Waals surface area contributed by atoms with Gasteiger partial charge in [0, 0.05) is 5.69 Å². The molecule has 0 aliphatic heterocycles. The van der Waals surface area contributed by atoms with Crippen molar-refractivity contribution in [2.45, 2.75) is 19.9 Å². The predicted molar refractivity (Wildman–Crippen MR) is 70.5 cm³/mol. The number of amides is 2. The van der Waals surface area contributed by atoms with Crippen LogP contribution in [0.4, 0.5) is 10.5 Å². The Bertz CT molecular complexity index is 503. The Morgan fingerprint density at radius 3 is 2.56 bits per heavy atom. The number of aryl methyl sites for hydroxylation is 1. The van der Waals surface area contributed by atoms with E-state index < -0.39 is 0 Å². The molecule has 0 saturated heterocycles. The highest BCUT2D eigenvalue weighted by Crippen LogP contribution is 2.13. The molecule has 1 atom stereocenters. The lowest BCUT2D eigenvalue weighted by molar-refractivity contribution is 0.247. The van der Waals surface area contributed by atoms with Crippen LogP contribution in [0.15, 0.2) is 47.1 Å². The van der Waals surface area contributed by atoms with Crippen LogP contribution in [0.3, 0.4) is 0 Å². The van der Waals surface area contributed by atoms with E-state index in [-0.39, 0.29) is 12.1 Å². The highest BCUT2D eigenvalue weighted by atomic mass is 16.3. The van der Waals surface area contributed by atoms with E-state index in [1.54, 1.807) is 12.3 Å². The zero-order valence-electron chi connectivity index (χ0n) is 10.4. The Labute approximate surface area is 106 Å². The van der Waals surface area contributed by atoms with Gasteiger partial charge in [-0.05, 0) is 38.1 Å². The van der Waals surface area contributed by atoms with Crippen molar-refractivity contribution in [3.05, 3.63) is 54.0 Å². The fourth-order valence-electron chi connectivity index (χ4n) is 1.61. The minimum Gasteiger partial charge on any atom is -0.467 e. The van der Waals surface area contributed by atoms with Gasteiger partial charge in [-0.15, -0.1) is 0 Å². The van der Waals surface area contributed by atoms with Gasteiger partial charge in [-0.3, -0.25) is 0 Å². The van der Waals surface area contributed by atoms with Crippen LogP contribution in [0, 0.1) is 6.92 Å². The van der Waals surface area contributed by atoms with Crippen LogP contribution >= 0.6 is 0 Å². The van der Waals surface area contributed by atoms with Crippen molar-refractivity contribution in [2.24, 2.45) is 0 Å². The monoisotopic (exact) mass is 244 g/mol. The molecule has 2 rings (SSSR count). The van der Waals surface area contributed by atoms with Gasteiger partial charge >= 0.3 is 6.03 Å². The SMILES string of the molecule is Cc1ccc(NC(=O)N[C@H](C)c2ccco2)cc1. The fraction of sp³-hybridized carbons (Fsp3) is 0.214. The molecule has 0 saturated carbocycles. The number of anilines is 1. The molecule has 0 unspecified atom stereocenters. The second-order valence-corrected chi connectivity index (χ2v) is 4.20. The largest absolute Gasteiger partial charge is 0.467 e. The van der Waals surface area contributed by atoms with Crippen molar-refractivity contribution in [1.82, 2.24) is 5.32 Å². The normalized spacial score (nSPS) is 11.9. The molecule has 2 amide bonds. The highest BCUT2D eigenvalue weighted by Gasteiger charge is 2.11. The number of carbonyl (C=O) groups excluding carboxylic acids is 1. The van der Waals surface area contributed by atoms with E-state index in [0.717, 1.165) is 17.0 Å². The number of benzene rings is 1. The van der Waals surface area contributed by atoms with Crippen molar-refractivity contribution in [3.63, 3.8) is 0 Å². The van der Waals surface area contributed by atoms with Crippen molar-refractivity contribution < 1.29 is 9.21 Å². The standard InChI is InChI=1S/C14H16N2O2/c1-10-5-7-12(8-6-10)16-14(17)15-11(2)13-4-3-9-18-13/h3-9,11H,1-2H3,(H2,15,16,17)/t11-/m1/s1. The lowest BCUT2D eigenvalue weighted by atomic mass is 10.2. The molecule has 0 radical (unpaired) electrons. The maximum Gasteiger partial charge on any atom is 0.319 e. The van der Waals surface area contributed by atoms with E-state index in [0.29, 0.717) is 0 Å².